The number of carbonyl (C=O) groups is 2. The van der Waals surface area contributed by atoms with Crippen LogP contribution >= 0.6 is 11.6 Å². The maximum atomic E-state index is 13.7. The number of rotatable bonds is 7. The van der Waals surface area contributed by atoms with E-state index in [4.69, 9.17) is 16.7 Å². The number of hydrogen-bond acceptors (Lipinski definition) is 6. The highest BCUT2D eigenvalue weighted by molar-refractivity contribution is 7.89. The summed E-state index contributed by atoms with van der Waals surface area (Å²) in [5.41, 5.74) is -3.96. The lowest BCUT2D eigenvalue weighted by Crippen LogP contribution is -2.69. The standard InChI is InChI=1S/C13H15ClF3N3O5S/c1-2-25-11(22)12(13(15,16)17,20-10(21)7-14)19-8-3-5-9(6-4-8)26(18,23)24/h3-6,19H,2,7H2,1H3,(H,20,21)(H2,18,23,24)/t12-/m0/s1. The number of esters is 1. The SMILES string of the molecule is CCOC(=O)[C@@](NC(=O)CCl)(Nc1ccc(S(N)(=O)=O)cc1)C(F)(F)F. The summed E-state index contributed by atoms with van der Waals surface area (Å²) >= 11 is 5.22. The first-order valence-corrected chi connectivity index (χ1v) is 8.97. The number of sulfonamides is 1. The van der Waals surface area contributed by atoms with Crippen molar-refractivity contribution < 1.29 is 35.9 Å². The fourth-order valence-electron chi connectivity index (χ4n) is 1.82. The lowest BCUT2D eigenvalue weighted by Gasteiger charge is -2.35. The molecule has 0 aliphatic carbocycles. The van der Waals surface area contributed by atoms with Crippen molar-refractivity contribution in [3.63, 3.8) is 0 Å². The molecule has 0 spiro atoms. The molecule has 0 heterocycles. The minimum atomic E-state index is -5.32. The number of halogens is 4. The minimum Gasteiger partial charge on any atom is -0.463 e. The molecule has 0 bridgehead atoms. The number of carbonyl (C=O) groups excluding carboxylic acids is 2. The molecule has 0 saturated heterocycles. The van der Waals surface area contributed by atoms with E-state index in [-0.39, 0.29) is 17.2 Å². The van der Waals surface area contributed by atoms with Gasteiger partial charge in [0.2, 0.25) is 15.9 Å². The molecule has 4 N–H and O–H groups in total. The summed E-state index contributed by atoms with van der Waals surface area (Å²) in [6.07, 6.45) is -5.32. The average molecular weight is 418 g/mol. The molecule has 1 aromatic rings. The minimum absolute atomic E-state index is 0.336. The highest BCUT2D eigenvalue weighted by Gasteiger charge is 2.63. The first-order valence-electron chi connectivity index (χ1n) is 6.89. The number of hydrogen-bond donors (Lipinski definition) is 3. The van der Waals surface area contributed by atoms with Crippen LogP contribution in [-0.4, -0.2) is 44.6 Å². The van der Waals surface area contributed by atoms with Crippen LogP contribution < -0.4 is 15.8 Å². The molecule has 0 saturated carbocycles. The van der Waals surface area contributed by atoms with Gasteiger partial charge < -0.3 is 15.4 Å². The van der Waals surface area contributed by atoms with Crippen molar-refractivity contribution in [2.24, 2.45) is 5.14 Å². The van der Waals surface area contributed by atoms with Crippen LogP contribution in [0, 0.1) is 0 Å². The number of amides is 1. The molecule has 0 unspecified atom stereocenters. The lowest BCUT2D eigenvalue weighted by atomic mass is 10.1. The van der Waals surface area contributed by atoms with Crippen LogP contribution in [0.15, 0.2) is 29.2 Å². The Labute approximate surface area is 151 Å². The van der Waals surface area contributed by atoms with Crippen LogP contribution in [0.2, 0.25) is 0 Å². The molecule has 26 heavy (non-hydrogen) atoms. The lowest BCUT2D eigenvalue weighted by molar-refractivity contribution is -0.207. The Morgan fingerprint density at radius 2 is 1.77 bits per heavy atom. The number of nitrogens with one attached hydrogen (secondary N) is 2. The number of alkyl halides is 4. The molecule has 146 valence electrons. The maximum absolute atomic E-state index is 13.7. The van der Waals surface area contributed by atoms with E-state index in [1.807, 2.05) is 5.32 Å². The quantitative estimate of drug-likeness (QED) is 0.344. The molecule has 0 fully saturated rings. The van der Waals surface area contributed by atoms with Gasteiger partial charge in [0.25, 0.3) is 0 Å². The Bertz CT molecular complexity index is 770. The van der Waals surface area contributed by atoms with E-state index in [9.17, 15) is 31.2 Å². The third kappa shape index (κ3) is 4.99. The predicted octanol–water partition coefficient (Wildman–Crippen LogP) is 0.923. The summed E-state index contributed by atoms with van der Waals surface area (Å²) in [7, 11) is -4.07. The van der Waals surface area contributed by atoms with Crippen LogP contribution in [0.4, 0.5) is 18.9 Å². The van der Waals surface area contributed by atoms with Crippen LogP contribution in [-0.2, 0) is 24.3 Å². The van der Waals surface area contributed by atoms with Crippen LogP contribution in [0.5, 0.6) is 0 Å². The van der Waals surface area contributed by atoms with Crippen molar-refractivity contribution in [1.29, 1.82) is 0 Å². The van der Waals surface area contributed by atoms with E-state index in [2.05, 4.69) is 4.74 Å². The molecule has 0 aromatic heterocycles. The number of benzene rings is 1. The molecular weight excluding hydrogens is 403 g/mol. The van der Waals surface area contributed by atoms with Crippen LogP contribution in [0.3, 0.4) is 0 Å². The van der Waals surface area contributed by atoms with E-state index in [0.29, 0.717) is 0 Å². The van der Waals surface area contributed by atoms with Crippen molar-refractivity contribution in [2.75, 3.05) is 17.8 Å². The molecule has 1 aromatic carbocycles. The van der Waals surface area contributed by atoms with Gasteiger partial charge in [-0.2, -0.15) is 13.2 Å². The van der Waals surface area contributed by atoms with Gasteiger partial charge in [0.1, 0.15) is 5.88 Å². The van der Waals surface area contributed by atoms with Crippen molar-refractivity contribution in [3.8, 4) is 0 Å². The number of nitrogens with two attached hydrogens (primary N) is 1. The highest BCUT2D eigenvalue weighted by atomic mass is 35.5. The summed E-state index contributed by atoms with van der Waals surface area (Å²) in [6, 6.07) is 3.72. The molecule has 0 radical (unpaired) electrons. The molecule has 1 rings (SSSR count). The summed E-state index contributed by atoms with van der Waals surface area (Å²) < 4.78 is 67.8. The summed E-state index contributed by atoms with van der Waals surface area (Å²) in [6.45, 7) is 0.892. The first kappa shape index (κ1) is 22.0. The molecule has 13 heteroatoms. The third-order valence-corrected chi connectivity index (χ3v) is 4.14. The highest BCUT2D eigenvalue weighted by Crippen LogP contribution is 2.33. The monoisotopic (exact) mass is 417 g/mol. The first-order chi connectivity index (χ1) is 11.9. The van der Waals surface area contributed by atoms with E-state index < -0.39 is 39.6 Å². The fraction of sp³-hybridized carbons (Fsp3) is 0.385. The van der Waals surface area contributed by atoms with Gasteiger partial charge in [0, 0.05) is 5.69 Å². The zero-order valence-electron chi connectivity index (χ0n) is 13.3. The van der Waals surface area contributed by atoms with Gasteiger partial charge in [0.05, 0.1) is 11.5 Å². The Kier molecular flexibility index (Phi) is 6.85. The number of ether oxygens (including phenoxy) is 1. The molecule has 1 amide bonds. The molecule has 0 aliphatic rings. The van der Waals surface area contributed by atoms with Crippen molar-refractivity contribution in [1.82, 2.24) is 5.32 Å². The second kappa shape index (κ2) is 8.10. The van der Waals surface area contributed by atoms with Gasteiger partial charge in [0.15, 0.2) is 0 Å². The largest absolute Gasteiger partial charge is 0.463 e. The van der Waals surface area contributed by atoms with Gasteiger partial charge >= 0.3 is 17.8 Å². The second-order valence-corrected chi connectivity index (χ2v) is 6.67. The summed E-state index contributed by atoms with van der Waals surface area (Å²) in [4.78, 5) is 23.1. The predicted molar refractivity (Wildman–Crippen MR) is 85.7 cm³/mol. The molecule has 1 atom stereocenters. The summed E-state index contributed by atoms with van der Waals surface area (Å²) in [5, 5.41) is 8.21. The average Bonchev–Trinajstić information content (AvgIpc) is 2.52. The smallest absolute Gasteiger partial charge is 0.441 e. The fourth-order valence-corrected chi connectivity index (χ4v) is 2.40. The Morgan fingerprint density at radius 1 is 1.23 bits per heavy atom. The normalized spacial score (nSPS) is 14.2. The van der Waals surface area contributed by atoms with Crippen LogP contribution in [0.1, 0.15) is 6.92 Å². The second-order valence-electron chi connectivity index (χ2n) is 4.84. The van der Waals surface area contributed by atoms with Gasteiger partial charge in [-0.25, -0.2) is 18.4 Å². The van der Waals surface area contributed by atoms with E-state index in [0.717, 1.165) is 24.3 Å². The van der Waals surface area contributed by atoms with Gasteiger partial charge in [-0.3, -0.25) is 4.79 Å². The Hall–Kier alpha value is -2.05. The van der Waals surface area contributed by atoms with E-state index >= 15 is 0 Å². The Morgan fingerprint density at radius 3 is 2.15 bits per heavy atom. The number of primary sulfonamides is 1. The zero-order chi connectivity index (χ0) is 20.2. The summed E-state index contributed by atoms with van der Waals surface area (Å²) in [5.74, 6) is -3.95. The maximum Gasteiger partial charge on any atom is 0.441 e. The van der Waals surface area contributed by atoms with Gasteiger partial charge in [-0.05, 0) is 31.2 Å². The van der Waals surface area contributed by atoms with Gasteiger partial charge in [-0.1, -0.05) is 0 Å². The zero-order valence-corrected chi connectivity index (χ0v) is 14.8. The topological polar surface area (TPSA) is 128 Å². The Balaban J connectivity index is 3.39. The van der Waals surface area contributed by atoms with Crippen molar-refractivity contribution >= 4 is 39.2 Å². The van der Waals surface area contributed by atoms with Crippen molar-refractivity contribution in [2.45, 2.75) is 23.7 Å². The van der Waals surface area contributed by atoms with Crippen LogP contribution in [0.25, 0.3) is 0 Å². The molecular formula is C13H15ClF3N3O5S. The van der Waals surface area contributed by atoms with E-state index in [1.165, 1.54) is 12.2 Å². The van der Waals surface area contributed by atoms with Gasteiger partial charge in [-0.15, -0.1) is 11.6 Å². The molecule has 8 nitrogen and oxygen atoms in total. The van der Waals surface area contributed by atoms with E-state index in [1.54, 1.807) is 0 Å². The van der Waals surface area contributed by atoms with Crippen molar-refractivity contribution in [3.05, 3.63) is 24.3 Å². The molecule has 0 aliphatic heterocycles. The third-order valence-electron chi connectivity index (χ3n) is 2.97. The number of anilines is 1.